The van der Waals surface area contributed by atoms with E-state index < -0.39 is 0 Å². The van der Waals surface area contributed by atoms with Gasteiger partial charge in [-0.25, -0.2) is 9.97 Å². The van der Waals surface area contributed by atoms with Crippen molar-refractivity contribution in [1.29, 1.82) is 0 Å². The summed E-state index contributed by atoms with van der Waals surface area (Å²) in [5.74, 6) is 2.82. The second-order valence-corrected chi connectivity index (χ2v) is 8.92. The Morgan fingerprint density at radius 1 is 1.14 bits per heavy atom. The van der Waals surface area contributed by atoms with Gasteiger partial charge in [0.25, 0.3) is 0 Å². The molecule has 2 saturated heterocycles. The van der Waals surface area contributed by atoms with Crippen LogP contribution in [0.5, 0.6) is 5.75 Å². The highest BCUT2D eigenvalue weighted by molar-refractivity contribution is 5.33. The molecule has 1 unspecified atom stereocenters. The van der Waals surface area contributed by atoms with Gasteiger partial charge >= 0.3 is 6.01 Å². The number of ether oxygens (including phenoxy) is 1. The van der Waals surface area contributed by atoms with Crippen LogP contribution in [-0.4, -0.2) is 58.9 Å². The highest BCUT2D eigenvalue weighted by Gasteiger charge is 2.44. The summed E-state index contributed by atoms with van der Waals surface area (Å²) in [5, 5.41) is 4.18. The van der Waals surface area contributed by atoms with Gasteiger partial charge in [0, 0.05) is 37.6 Å². The van der Waals surface area contributed by atoms with Crippen molar-refractivity contribution < 1.29 is 9.26 Å². The lowest BCUT2D eigenvalue weighted by Crippen LogP contribution is -2.35. The molecule has 2 N–H and O–H groups in total. The van der Waals surface area contributed by atoms with Crippen molar-refractivity contribution in [1.82, 2.24) is 20.1 Å². The second-order valence-electron chi connectivity index (χ2n) is 8.92. The minimum atomic E-state index is 0.145. The molecule has 0 aromatic carbocycles. The molecule has 156 valence electrons. The van der Waals surface area contributed by atoms with Crippen LogP contribution in [0.15, 0.2) is 16.9 Å². The summed E-state index contributed by atoms with van der Waals surface area (Å²) in [5.41, 5.74) is 6.10. The highest BCUT2D eigenvalue weighted by Crippen LogP contribution is 2.46. The predicted molar refractivity (Wildman–Crippen MR) is 108 cm³/mol. The Balaban J connectivity index is 1.08. The standard InChI is InChI=1S/C20H29N7O2/c1-20(5-6-20)17-24-19(29-25-17)26-7-2-14(3-8-26)13-28-16-10-22-18(23-11-16)27-9-4-15(21)12-27/h10-11,14-15H,2-9,12-13,21H2,1H3. The minimum absolute atomic E-state index is 0.145. The van der Waals surface area contributed by atoms with Gasteiger partial charge in [0.15, 0.2) is 11.6 Å². The maximum atomic E-state index is 5.95. The third kappa shape index (κ3) is 4.01. The minimum Gasteiger partial charge on any atom is -0.490 e. The largest absolute Gasteiger partial charge is 0.490 e. The topological polar surface area (TPSA) is 106 Å². The molecule has 9 heteroatoms. The Morgan fingerprint density at radius 2 is 1.86 bits per heavy atom. The molecular weight excluding hydrogens is 370 g/mol. The molecule has 2 aromatic heterocycles. The van der Waals surface area contributed by atoms with Crippen LogP contribution in [0.25, 0.3) is 0 Å². The molecule has 1 aliphatic carbocycles. The molecule has 29 heavy (non-hydrogen) atoms. The fourth-order valence-corrected chi connectivity index (χ4v) is 4.02. The van der Waals surface area contributed by atoms with Crippen LogP contribution < -0.4 is 20.3 Å². The van der Waals surface area contributed by atoms with Crippen LogP contribution in [0.1, 0.15) is 44.9 Å². The predicted octanol–water partition coefficient (Wildman–Crippen LogP) is 1.74. The van der Waals surface area contributed by atoms with E-state index in [2.05, 4.69) is 36.8 Å². The monoisotopic (exact) mass is 399 g/mol. The molecular formula is C20H29N7O2. The zero-order chi connectivity index (χ0) is 19.8. The normalized spacial score (nSPS) is 24.1. The van der Waals surface area contributed by atoms with E-state index in [4.69, 9.17) is 15.0 Å². The van der Waals surface area contributed by atoms with Crippen molar-refractivity contribution in [3.8, 4) is 5.75 Å². The number of rotatable bonds is 6. The van der Waals surface area contributed by atoms with Gasteiger partial charge in [-0.15, -0.1) is 0 Å². The van der Waals surface area contributed by atoms with Crippen molar-refractivity contribution >= 4 is 12.0 Å². The van der Waals surface area contributed by atoms with Crippen molar-refractivity contribution in [2.24, 2.45) is 11.7 Å². The van der Waals surface area contributed by atoms with E-state index in [0.717, 1.165) is 75.8 Å². The molecule has 2 aliphatic heterocycles. The average molecular weight is 399 g/mol. The van der Waals surface area contributed by atoms with Crippen molar-refractivity contribution in [2.75, 3.05) is 42.6 Å². The van der Waals surface area contributed by atoms with Crippen LogP contribution in [0.3, 0.4) is 0 Å². The van der Waals surface area contributed by atoms with Crippen LogP contribution in [0, 0.1) is 5.92 Å². The van der Waals surface area contributed by atoms with Crippen LogP contribution >= 0.6 is 0 Å². The summed E-state index contributed by atoms with van der Waals surface area (Å²) in [7, 11) is 0. The fraction of sp³-hybridized carbons (Fsp3) is 0.700. The lowest BCUT2D eigenvalue weighted by Gasteiger charge is -2.30. The number of anilines is 2. The third-order valence-corrected chi connectivity index (χ3v) is 6.45. The number of hydrogen-bond acceptors (Lipinski definition) is 9. The zero-order valence-corrected chi connectivity index (χ0v) is 17.0. The fourth-order valence-electron chi connectivity index (χ4n) is 4.02. The van der Waals surface area contributed by atoms with E-state index in [1.54, 1.807) is 12.4 Å². The van der Waals surface area contributed by atoms with Gasteiger partial charge in [0.2, 0.25) is 5.95 Å². The summed E-state index contributed by atoms with van der Waals surface area (Å²) in [4.78, 5) is 17.8. The molecule has 3 aliphatic rings. The van der Waals surface area contributed by atoms with Gasteiger partial charge < -0.3 is 24.8 Å². The lowest BCUT2D eigenvalue weighted by atomic mass is 9.98. The van der Waals surface area contributed by atoms with E-state index in [1.165, 1.54) is 0 Å². The van der Waals surface area contributed by atoms with Gasteiger partial charge in [0.1, 0.15) is 0 Å². The molecule has 0 spiro atoms. The van der Waals surface area contributed by atoms with E-state index >= 15 is 0 Å². The average Bonchev–Trinajstić information content (AvgIpc) is 3.14. The Bertz CT molecular complexity index is 828. The summed E-state index contributed by atoms with van der Waals surface area (Å²) in [6.45, 7) is 6.44. The summed E-state index contributed by atoms with van der Waals surface area (Å²) >= 11 is 0. The second kappa shape index (κ2) is 7.44. The number of nitrogens with two attached hydrogens (primary N) is 1. The molecule has 0 amide bonds. The van der Waals surface area contributed by atoms with Crippen molar-refractivity contribution in [3.05, 3.63) is 18.2 Å². The first-order chi connectivity index (χ1) is 14.1. The van der Waals surface area contributed by atoms with E-state index in [-0.39, 0.29) is 11.5 Å². The number of aromatic nitrogens is 4. The smallest absolute Gasteiger partial charge is 0.324 e. The Kier molecular flexibility index (Phi) is 4.77. The summed E-state index contributed by atoms with van der Waals surface area (Å²) in [6.07, 6.45) is 8.91. The SMILES string of the molecule is CC1(c2noc(N3CCC(COc4cnc(N5CCC(N)C5)nc4)CC3)n2)CC1. The van der Waals surface area contributed by atoms with Gasteiger partial charge in [-0.05, 0) is 38.0 Å². The van der Waals surface area contributed by atoms with Gasteiger partial charge in [0.05, 0.1) is 19.0 Å². The van der Waals surface area contributed by atoms with Gasteiger partial charge in [-0.3, -0.25) is 0 Å². The quantitative estimate of drug-likeness (QED) is 0.777. The number of hydrogen-bond donors (Lipinski definition) is 1. The molecule has 1 saturated carbocycles. The lowest BCUT2D eigenvalue weighted by molar-refractivity contribution is 0.219. The zero-order valence-electron chi connectivity index (χ0n) is 17.0. The third-order valence-electron chi connectivity index (χ3n) is 6.45. The molecule has 9 nitrogen and oxygen atoms in total. The van der Waals surface area contributed by atoms with Crippen molar-refractivity contribution in [2.45, 2.75) is 50.5 Å². The maximum Gasteiger partial charge on any atom is 0.324 e. The van der Waals surface area contributed by atoms with E-state index in [9.17, 15) is 0 Å². The molecule has 5 rings (SSSR count). The van der Waals surface area contributed by atoms with E-state index in [0.29, 0.717) is 18.5 Å². The first kappa shape index (κ1) is 18.6. The first-order valence-corrected chi connectivity index (χ1v) is 10.6. The van der Waals surface area contributed by atoms with E-state index in [1.807, 2.05) is 0 Å². The van der Waals surface area contributed by atoms with Crippen LogP contribution in [0.4, 0.5) is 12.0 Å². The molecule has 1 atom stereocenters. The molecule has 2 aromatic rings. The Hall–Kier alpha value is -2.42. The van der Waals surface area contributed by atoms with Gasteiger partial charge in [-0.2, -0.15) is 4.98 Å². The molecule has 4 heterocycles. The Labute approximate surface area is 170 Å². The van der Waals surface area contributed by atoms with Crippen LogP contribution in [-0.2, 0) is 5.41 Å². The Morgan fingerprint density at radius 3 is 2.52 bits per heavy atom. The van der Waals surface area contributed by atoms with Gasteiger partial charge in [-0.1, -0.05) is 12.1 Å². The molecule has 0 bridgehead atoms. The summed E-state index contributed by atoms with van der Waals surface area (Å²) < 4.78 is 11.4. The number of nitrogens with zero attached hydrogens (tertiary/aromatic N) is 6. The van der Waals surface area contributed by atoms with Crippen molar-refractivity contribution in [3.63, 3.8) is 0 Å². The molecule has 0 radical (unpaired) electrons. The van der Waals surface area contributed by atoms with Crippen LogP contribution in [0.2, 0.25) is 0 Å². The maximum absolute atomic E-state index is 5.95. The summed E-state index contributed by atoms with van der Waals surface area (Å²) in [6, 6.07) is 0.883. The highest BCUT2D eigenvalue weighted by atomic mass is 16.5. The molecule has 3 fully saturated rings. The number of piperidine rings is 1. The first-order valence-electron chi connectivity index (χ1n) is 10.6.